The lowest BCUT2D eigenvalue weighted by Crippen LogP contribution is -2.15. The molecule has 0 amide bonds. The number of carbonyl (C=O) groups is 1. The number of fused-ring (bicyclic) bond motifs is 1. The van der Waals surface area contributed by atoms with Gasteiger partial charge in [0.1, 0.15) is 13.2 Å². The van der Waals surface area contributed by atoms with Crippen LogP contribution in [0, 0.1) is 0 Å². The van der Waals surface area contributed by atoms with E-state index in [-0.39, 0.29) is 5.70 Å². The Morgan fingerprint density at radius 3 is 2.71 bits per heavy atom. The highest BCUT2D eigenvalue weighted by molar-refractivity contribution is 9.10. The minimum absolute atomic E-state index is 0.252. The van der Waals surface area contributed by atoms with Crippen LogP contribution in [-0.4, -0.2) is 25.1 Å². The molecule has 0 atom stereocenters. The van der Waals surface area contributed by atoms with E-state index < -0.39 is 5.97 Å². The molecule has 120 valence electrons. The van der Waals surface area contributed by atoms with Crippen LogP contribution >= 0.6 is 15.9 Å². The van der Waals surface area contributed by atoms with Crippen LogP contribution in [0.1, 0.15) is 11.1 Å². The first-order valence-electron chi connectivity index (χ1n) is 7.37. The summed E-state index contributed by atoms with van der Waals surface area (Å²) in [6.45, 7) is 1.06. The van der Waals surface area contributed by atoms with Crippen molar-refractivity contribution in [3.63, 3.8) is 0 Å². The van der Waals surface area contributed by atoms with E-state index in [4.69, 9.17) is 14.2 Å². The molecular weight excluding hydrogens is 374 g/mol. The van der Waals surface area contributed by atoms with Crippen LogP contribution in [0.5, 0.6) is 11.5 Å². The zero-order valence-corrected chi connectivity index (χ0v) is 14.1. The summed E-state index contributed by atoms with van der Waals surface area (Å²) in [5.74, 6) is 1.19. The van der Waals surface area contributed by atoms with Gasteiger partial charge in [0, 0.05) is 10.0 Å². The van der Waals surface area contributed by atoms with E-state index in [9.17, 15) is 4.79 Å². The maximum absolute atomic E-state index is 12.1. The fraction of sp³-hybridized carbons (Fsp3) is 0.111. The Bertz CT molecular complexity index is 888. The van der Waals surface area contributed by atoms with E-state index in [1.54, 1.807) is 6.08 Å². The average molecular weight is 386 g/mol. The van der Waals surface area contributed by atoms with Gasteiger partial charge in [0.05, 0.1) is 0 Å². The largest absolute Gasteiger partial charge is 0.486 e. The van der Waals surface area contributed by atoms with Gasteiger partial charge < -0.3 is 14.2 Å². The Hall–Kier alpha value is -2.60. The first kappa shape index (κ1) is 15.0. The summed E-state index contributed by atoms with van der Waals surface area (Å²) in [5, 5.41) is 0. The molecule has 0 unspecified atom stereocenters. The van der Waals surface area contributed by atoms with Gasteiger partial charge in [-0.05, 0) is 42.0 Å². The highest BCUT2D eigenvalue weighted by atomic mass is 79.9. The molecule has 0 bridgehead atoms. The number of hydrogen-bond acceptors (Lipinski definition) is 5. The molecule has 0 fully saturated rings. The van der Waals surface area contributed by atoms with Crippen molar-refractivity contribution in [1.29, 1.82) is 0 Å². The van der Waals surface area contributed by atoms with Crippen LogP contribution in [0.25, 0.3) is 6.08 Å². The van der Waals surface area contributed by atoms with Gasteiger partial charge >= 0.3 is 5.97 Å². The molecule has 2 heterocycles. The third-order valence-electron chi connectivity index (χ3n) is 3.56. The minimum Gasteiger partial charge on any atom is -0.486 e. The Morgan fingerprint density at radius 1 is 1.04 bits per heavy atom. The summed E-state index contributed by atoms with van der Waals surface area (Å²) in [4.78, 5) is 16.4. The lowest BCUT2D eigenvalue weighted by molar-refractivity contribution is -0.129. The molecule has 0 aromatic heterocycles. The van der Waals surface area contributed by atoms with Gasteiger partial charge in [0.15, 0.2) is 17.2 Å². The van der Waals surface area contributed by atoms with E-state index in [1.807, 2.05) is 42.5 Å². The number of halogens is 1. The van der Waals surface area contributed by atoms with Gasteiger partial charge in [0.2, 0.25) is 5.90 Å². The fourth-order valence-electron chi connectivity index (χ4n) is 2.46. The third kappa shape index (κ3) is 2.92. The van der Waals surface area contributed by atoms with Crippen molar-refractivity contribution >= 4 is 33.9 Å². The molecule has 0 saturated heterocycles. The highest BCUT2D eigenvalue weighted by Gasteiger charge is 2.24. The Morgan fingerprint density at radius 2 is 1.88 bits per heavy atom. The molecule has 2 aliphatic rings. The number of benzene rings is 2. The zero-order valence-electron chi connectivity index (χ0n) is 12.5. The van der Waals surface area contributed by atoms with Crippen LogP contribution < -0.4 is 9.47 Å². The summed E-state index contributed by atoms with van der Waals surface area (Å²) in [6.07, 6.45) is 1.67. The zero-order chi connectivity index (χ0) is 16.5. The van der Waals surface area contributed by atoms with Gasteiger partial charge in [0.25, 0.3) is 0 Å². The second-order valence-corrected chi connectivity index (χ2v) is 6.17. The van der Waals surface area contributed by atoms with E-state index in [2.05, 4.69) is 20.9 Å². The van der Waals surface area contributed by atoms with Crippen molar-refractivity contribution in [2.75, 3.05) is 13.2 Å². The highest BCUT2D eigenvalue weighted by Crippen LogP contribution is 2.32. The average Bonchev–Trinajstić information content (AvgIpc) is 2.96. The third-order valence-corrected chi connectivity index (χ3v) is 4.05. The van der Waals surface area contributed by atoms with Crippen LogP contribution in [0.3, 0.4) is 0 Å². The molecule has 2 aliphatic heterocycles. The minimum atomic E-state index is -0.472. The summed E-state index contributed by atoms with van der Waals surface area (Å²) in [5.41, 5.74) is 1.79. The summed E-state index contributed by atoms with van der Waals surface area (Å²) in [6, 6.07) is 12.9. The van der Waals surface area contributed by atoms with Crippen molar-refractivity contribution in [3.05, 3.63) is 63.8 Å². The maximum atomic E-state index is 12.1. The van der Waals surface area contributed by atoms with Crippen molar-refractivity contribution in [2.24, 2.45) is 4.99 Å². The molecular formula is C18H12BrNO4. The fourth-order valence-corrected chi connectivity index (χ4v) is 2.86. The van der Waals surface area contributed by atoms with Crippen LogP contribution in [0.4, 0.5) is 0 Å². The summed E-state index contributed by atoms with van der Waals surface area (Å²) in [7, 11) is 0. The number of esters is 1. The van der Waals surface area contributed by atoms with Crippen molar-refractivity contribution in [2.45, 2.75) is 0 Å². The maximum Gasteiger partial charge on any atom is 0.363 e. The standard InChI is InChI=1S/C18H12BrNO4/c19-13-3-1-2-12(10-13)17-20-14(18(21)24-17)8-11-4-5-15-16(9-11)23-7-6-22-15/h1-5,8-10H,6-7H2/b14-8+. The topological polar surface area (TPSA) is 57.1 Å². The van der Waals surface area contributed by atoms with Gasteiger partial charge in [-0.25, -0.2) is 9.79 Å². The van der Waals surface area contributed by atoms with Crippen LogP contribution in [0.2, 0.25) is 0 Å². The number of carbonyl (C=O) groups excluding carboxylic acids is 1. The van der Waals surface area contributed by atoms with Gasteiger partial charge in [-0.2, -0.15) is 0 Å². The Balaban J connectivity index is 1.66. The number of aliphatic imine (C=N–C) groups is 1. The smallest absolute Gasteiger partial charge is 0.363 e. The normalized spacial score (nSPS) is 17.6. The Labute approximate surface area is 146 Å². The molecule has 4 rings (SSSR count). The van der Waals surface area contributed by atoms with E-state index >= 15 is 0 Å². The molecule has 24 heavy (non-hydrogen) atoms. The van der Waals surface area contributed by atoms with Crippen LogP contribution in [0.15, 0.2) is 57.6 Å². The van der Waals surface area contributed by atoms with Crippen molar-refractivity contribution < 1.29 is 19.0 Å². The Kier molecular flexibility index (Phi) is 3.82. The SMILES string of the molecule is O=C1OC(c2cccc(Br)c2)=N/C1=C/c1ccc2c(c1)OCCO2. The van der Waals surface area contributed by atoms with Gasteiger partial charge in [-0.1, -0.05) is 28.1 Å². The summed E-state index contributed by atoms with van der Waals surface area (Å²) >= 11 is 3.39. The van der Waals surface area contributed by atoms with Crippen LogP contribution in [-0.2, 0) is 9.53 Å². The molecule has 0 saturated carbocycles. The van der Waals surface area contributed by atoms with Gasteiger partial charge in [-0.15, -0.1) is 0 Å². The molecule has 2 aromatic carbocycles. The number of rotatable bonds is 2. The molecule has 0 spiro atoms. The quantitative estimate of drug-likeness (QED) is 0.585. The molecule has 0 N–H and O–H groups in total. The summed E-state index contributed by atoms with van der Waals surface area (Å²) < 4.78 is 17.2. The molecule has 0 aliphatic carbocycles. The monoisotopic (exact) mass is 385 g/mol. The second kappa shape index (κ2) is 6.13. The predicted molar refractivity (Wildman–Crippen MR) is 92.2 cm³/mol. The number of nitrogens with zero attached hydrogens (tertiary/aromatic N) is 1. The van der Waals surface area contributed by atoms with E-state index in [0.29, 0.717) is 30.6 Å². The van der Waals surface area contributed by atoms with E-state index in [0.717, 1.165) is 15.6 Å². The van der Waals surface area contributed by atoms with Gasteiger partial charge in [-0.3, -0.25) is 0 Å². The number of cyclic esters (lactones) is 1. The van der Waals surface area contributed by atoms with Crippen molar-refractivity contribution in [1.82, 2.24) is 0 Å². The number of hydrogen-bond donors (Lipinski definition) is 0. The lowest BCUT2D eigenvalue weighted by atomic mass is 10.1. The predicted octanol–water partition coefficient (Wildman–Crippen LogP) is 3.56. The second-order valence-electron chi connectivity index (χ2n) is 5.25. The lowest BCUT2D eigenvalue weighted by Gasteiger charge is -2.18. The number of ether oxygens (including phenoxy) is 3. The molecule has 0 radical (unpaired) electrons. The van der Waals surface area contributed by atoms with E-state index in [1.165, 1.54) is 0 Å². The molecule has 6 heteroatoms. The van der Waals surface area contributed by atoms with Crippen molar-refractivity contribution in [3.8, 4) is 11.5 Å². The first-order valence-corrected chi connectivity index (χ1v) is 8.16. The molecule has 5 nitrogen and oxygen atoms in total. The molecule has 2 aromatic rings. The first-order chi connectivity index (χ1) is 11.7.